The van der Waals surface area contributed by atoms with Crippen LogP contribution in [-0.2, 0) is 16.0 Å². The maximum atomic E-state index is 13.0. The molecule has 0 saturated heterocycles. The highest BCUT2D eigenvalue weighted by molar-refractivity contribution is 7.26. The number of hydrogen-bond donors (Lipinski definition) is 2. The fourth-order valence-electron chi connectivity index (χ4n) is 3.17. The van der Waals surface area contributed by atoms with E-state index in [2.05, 4.69) is 15.3 Å². The van der Waals surface area contributed by atoms with Crippen LogP contribution in [0.15, 0.2) is 47.4 Å². The Morgan fingerprint density at radius 2 is 2.03 bits per heavy atom. The number of nitrogens with two attached hydrogens (primary N) is 1. The number of aryl methyl sites for hydroxylation is 1. The number of hydrogen-bond acceptors (Lipinski definition) is 7. The average Bonchev–Trinajstić information content (AvgIpc) is 3.44. The number of fused-ring (bicyclic) bond motifs is 1. The Hall–Kier alpha value is -3.37. The van der Waals surface area contributed by atoms with E-state index < -0.39 is 23.6 Å². The fourth-order valence-corrected chi connectivity index (χ4v) is 5.30. The highest BCUT2D eigenvalue weighted by Gasteiger charge is 2.28. The molecule has 0 bridgehead atoms. The van der Waals surface area contributed by atoms with Gasteiger partial charge in [-0.3, -0.25) is 19.0 Å². The number of imidazole rings is 1. The molecule has 0 aliphatic heterocycles. The van der Waals surface area contributed by atoms with Gasteiger partial charge in [0.1, 0.15) is 23.4 Å². The smallest absolute Gasteiger partial charge is 0.287 e. The van der Waals surface area contributed by atoms with Crippen molar-refractivity contribution in [2.24, 2.45) is 5.73 Å². The van der Waals surface area contributed by atoms with Crippen molar-refractivity contribution in [3.8, 4) is 5.82 Å². The molecule has 4 aromatic rings. The van der Waals surface area contributed by atoms with Crippen LogP contribution < -0.4 is 11.1 Å². The number of carbonyl (C=O) groups excluding carboxylic acids is 3. The lowest BCUT2D eigenvalue weighted by atomic mass is 10.0. The second-order valence-electron chi connectivity index (χ2n) is 6.55. The summed E-state index contributed by atoms with van der Waals surface area (Å²) in [6.07, 6.45) is 3.19. The van der Waals surface area contributed by atoms with Crippen LogP contribution in [0, 0.1) is 6.92 Å². The maximum absolute atomic E-state index is 13.0. The summed E-state index contributed by atoms with van der Waals surface area (Å²) in [5, 5.41) is 6.55. The SMILES string of the molecule is Cc1ncc(C(=O)NC(Cc2csc3ccsc23)C(=O)C(N)=O)n1-c1ccccn1. The van der Waals surface area contributed by atoms with Crippen LogP contribution in [0.25, 0.3) is 15.2 Å². The van der Waals surface area contributed by atoms with Crippen LogP contribution in [0.3, 0.4) is 0 Å². The van der Waals surface area contributed by atoms with E-state index in [1.54, 1.807) is 58.6 Å². The van der Waals surface area contributed by atoms with Crippen molar-refractivity contribution in [1.29, 1.82) is 0 Å². The zero-order chi connectivity index (χ0) is 21.3. The molecule has 4 rings (SSSR count). The Morgan fingerprint density at radius 1 is 1.20 bits per heavy atom. The Bertz CT molecular complexity index is 1240. The molecule has 1 atom stereocenters. The molecule has 30 heavy (non-hydrogen) atoms. The van der Waals surface area contributed by atoms with E-state index in [1.807, 2.05) is 16.8 Å². The number of rotatable bonds is 7. The first-order valence-corrected chi connectivity index (χ1v) is 10.8. The van der Waals surface area contributed by atoms with Gasteiger partial charge < -0.3 is 11.1 Å². The van der Waals surface area contributed by atoms with E-state index >= 15 is 0 Å². The van der Waals surface area contributed by atoms with Gasteiger partial charge in [0.25, 0.3) is 11.8 Å². The zero-order valence-corrected chi connectivity index (χ0v) is 17.5. The number of amides is 2. The van der Waals surface area contributed by atoms with Crippen molar-refractivity contribution >= 4 is 49.7 Å². The van der Waals surface area contributed by atoms with Gasteiger partial charge in [-0.1, -0.05) is 6.07 Å². The minimum Gasteiger partial charge on any atom is -0.363 e. The van der Waals surface area contributed by atoms with Gasteiger partial charge in [-0.05, 0) is 41.4 Å². The second kappa shape index (κ2) is 8.17. The highest BCUT2D eigenvalue weighted by Crippen LogP contribution is 2.31. The second-order valence-corrected chi connectivity index (χ2v) is 8.37. The molecule has 0 aromatic carbocycles. The molecule has 3 N–H and O–H groups in total. The summed E-state index contributed by atoms with van der Waals surface area (Å²) in [7, 11) is 0. The lowest BCUT2D eigenvalue weighted by molar-refractivity contribution is -0.137. The number of carbonyl (C=O) groups is 3. The first kappa shape index (κ1) is 19.9. The number of primary amides is 1. The molecule has 0 saturated carbocycles. The molecule has 0 aliphatic rings. The molecule has 0 fully saturated rings. The first-order valence-electron chi connectivity index (χ1n) is 8.99. The zero-order valence-electron chi connectivity index (χ0n) is 15.9. The van der Waals surface area contributed by atoms with Gasteiger partial charge in [-0.2, -0.15) is 0 Å². The number of pyridine rings is 1. The largest absolute Gasteiger partial charge is 0.363 e. The molecule has 10 heteroatoms. The van der Waals surface area contributed by atoms with E-state index in [0.29, 0.717) is 11.6 Å². The highest BCUT2D eigenvalue weighted by atomic mass is 32.1. The van der Waals surface area contributed by atoms with Crippen molar-refractivity contribution in [3.63, 3.8) is 0 Å². The predicted molar refractivity (Wildman–Crippen MR) is 115 cm³/mol. The van der Waals surface area contributed by atoms with Crippen molar-refractivity contribution in [2.45, 2.75) is 19.4 Å². The summed E-state index contributed by atoms with van der Waals surface area (Å²) in [4.78, 5) is 45.5. The number of nitrogens with zero attached hydrogens (tertiary/aromatic N) is 3. The van der Waals surface area contributed by atoms with Gasteiger partial charge in [0.2, 0.25) is 5.78 Å². The summed E-state index contributed by atoms with van der Waals surface area (Å²) in [6, 6.07) is 6.22. The molecule has 4 heterocycles. The fraction of sp³-hybridized carbons (Fsp3) is 0.150. The summed E-state index contributed by atoms with van der Waals surface area (Å²) in [5.41, 5.74) is 6.33. The summed E-state index contributed by atoms with van der Waals surface area (Å²) in [5.74, 6) is -1.39. The molecule has 0 aliphatic carbocycles. The van der Waals surface area contributed by atoms with Gasteiger partial charge in [-0.25, -0.2) is 9.97 Å². The van der Waals surface area contributed by atoms with Crippen LogP contribution in [-0.4, -0.2) is 38.2 Å². The molecule has 2 amide bonds. The summed E-state index contributed by atoms with van der Waals surface area (Å²) >= 11 is 3.10. The lowest BCUT2D eigenvalue weighted by Crippen LogP contribution is -2.47. The topological polar surface area (TPSA) is 120 Å². The molecule has 152 valence electrons. The van der Waals surface area contributed by atoms with Crippen molar-refractivity contribution < 1.29 is 14.4 Å². The first-order chi connectivity index (χ1) is 14.5. The summed E-state index contributed by atoms with van der Waals surface area (Å²) in [6.45, 7) is 1.75. The number of nitrogens with one attached hydrogen (secondary N) is 1. The Morgan fingerprint density at radius 3 is 2.77 bits per heavy atom. The third-order valence-electron chi connectivity index (χ3n) is 4.59. The van der Waals surface area contributed by atoms with E-state index in [0.717, 1.165) is 15.0 Å². The van der Waals surface area contributed by atoms with Gasteiger partial charge in [0, 0.05) is 22.0 Å². The molecule has 0 radical (unpaired) electrons. The Kier molecular flexibility index (Phi) is 5.42. The Balaban J connectivity index is 1.64. The molecule has 1 unspecified atom stereocenters. The molecule has 0 spiro atoms. The minimum absolute atomic E-state index is 0.171. The van der Waals surface area contributed by atoms with Crippen molar-refractivity contribution in [3.05, 3.63) is 64.5 Å². The quantitative estimate of drug-likeness (QED) is 0.428. The van der Waals surface area contributed by atoms with Crippen LogP contribution in [0.4, 0.5) is 0 Å². The van der Waals surface area contributed by atoms with Gasteiger partial charge in [0.05, 0.1) is 6.20 Å². The average molecular weight is 440 g/mol. The molecule has 8 nitrogen and oxygen atoms in total. The molecular weight excluding hydrogens is 422 g/mol. The number of thiophene rings is 2. The van der Waals surface area contributed by atoms with Crippen molar-refractivity contribution in [1.82, 2.24) is 19.9 Å². The number of ketones is 1. The Labute approximate surface area is 179 Å². The van der Waals surface area contributed by atoms with E-state index in [-0.39, 0.29) is 12.1 Å². The van der Waals surface area contributed by atoms with Crippen LogP contribution in [0.1, 0.15) is 21.9 Å². The van der Waals surface area contributed by atoms with Gasteiger partial charge in [0.15, 0.2) is 0 Å². The number of Topliss-reactive ketones (excluding diaryl/α,β-unsaturated/α-hetero) is 1. The monoisotopic (exact) mass is 439 g/mol. The van der Waals surface area contributed by atoms with Gasteiger partial charge >= 0.3 is 0 Å². The molecular formula is C20H17N5O3S2. The van der Waals surface area contributed by atoms with E-state index in [1.165, 1.54) is 6.20 Å². The molecule has 4 aromatic heterocycles. The normalized spacial score (nSPS) is 12.0. The summed E-state index contributed by atoms with van der Waals surface area (Å²) < 4.78 is 3.71. The van der Waals surface area contributed by atoms with E-state index in [9.17, 15) is 14.4 Å². The minimum atomic E-state index is -1.09. The van der Waals surface area contributed by atoms with Gasteiger partial charge in [-0.15, -0.1) is 22.7 Å². The standard InChI is InChI=1S/C20H17N5O3S2/c1-11-23-9-14(25(11)16-4-2-3-6-22-16)20(28)24-13(17(26)19(21)27)8-12-10-30-15-5-7-29-18(12)15/h2-7,9-10,13H,8H2,1H3,(H2,21,27)(H,24,28). The third kappa shape index (κ3) is 3.74. The van der Waals surface area contributed by atoms with E-state index in [4.69, 9.17) is 5.73 Å². The van der Waals surface area contributed by atoms with Crippen LogP contribution in [0.2, 0.25) is 0 Å². The predicted octanol–water partition coefficient (Wildman–Crippen LogP) is 2.25. The van der Waals surface area contributed by atoms with Crippen molar-refractivity contribution in [2.75, 3.05) is 0 Å². The third-order valence-corrected chi connectivity index (χ3v) is 6.70. The van der Waals surface area contributed by atoms with Crippen LogP contribution in [0.5, 0.6) is 0 Å². The lowest BCUT2D eigenvalue weighted by Gasteiger charge is -2.17. The number of aromatic nitrogens is 3. The van der Waals surface area contributed by atoms with Crippen LogP contribution >= 0.6 is 22.7 Å². The maximum Gasteiger partial charge on any atom is 0.287 e.